The summed E-state index contributed by atoms with van der Waals surface area (Å²) >= 11 is 0. The molecule has 7 nitrogen and oxygen atoms in total. The number of hydrogen-bond donors (Lipinski definition) is 1. The zero-order valence-electron chi connectivity index (χ0n) is 20.7. The summed E-state index contributed by atoms with van der Waals surface area (Å²) in [6.45, 7) is 8.37. The predicted octanol–water partition coefficient (Wildman–Crippen LogP) is 4.67. The third kappa shape index (κ3) is 4.13. The van der Waals surface area contributed by atoms with E-state index in [1.54, 1.807) is 20.3 Å². The molecule has 0 spiro atoms. The monoisotopic (exact) mass is 467 g/mol. The molecular weight excluding hydrogens is 434 g/mol. The first kappa shape index (κ1) is 24.1. The molecule has 2 aliphatic rings. The standard InChI is InChI=1S/C27H33NO6/c1-15-12-16-10-11-21(27(2,3)4)28-23(16)18(13-15)24(34-20(26(28)31)14-22(29)30)17-8-7-9-19(32-5)25(17)33-6/h7-9,12-13,20-21,24H,10-11,14H2,1-6H3,(H,29,30)/t20-,21+,24-/m1/s1. The molecule has 0 aromatic heterocycles. The van der Waals surface area contributed by atoms with E-state index in [4.69, 9.17) is 14.2 Å². The molecule has 0 fully saturated rings. The third-order valence-corrected chi connectivity index (χ3v) is 6.77. The van der Waals surface area contributed by atoms with Crippen molar-refractivity contribution < 1.29 is 28.9 Å². The molecule has 34 heavy (non-hydrogen) atoms. The molecule has 0 saturated heterocycles. The van der Waals surface area contributed by atoms with Crippen LogP contribution in [0.1, 0.15) is 62.0 Å². The van der Waals surface area contributed by atoms with Crippen molar-refractivity contribution in [1.29, 1.82) is 0 Å². The predicted molar refractivity (Wildman–Crippen MR) is 129 cm³/mol. The van der Waals surface area contributed by atoms with Gasteiger partial charge in [-0.3, -0.25) is 9.59 Å². The molecule has 0 unspecified atom stereocenters. The largest absolute Gasteiger partial charge is 0.493 e. The molecule has 0 saturated carbocycles. The molecule has 3 atom stereocenters. The summed E-state index contributed by atoms with van der Waals surface area (Å²) in [5.41, 5.74) is 4.31. The van der Waals surface area contributed by atoms with Gasteiger partial charge in [0.1, 0.15) is 12.2 Å². The Labute approximate surface area is 200 Å². The number of carboxylic acids is 1. The Hall–Kier alpha value is -3.06. The fourth-order valence-electron chi connectivity index (χ4n) is 5.33. The number of methoxy groups -OCH3 is 2. The third-order valence-electron chi connectivity index (χ3n) is 6.77. The number of carbonyl (C=O) groups excluding carboxylic acids is 1. The summed E-state index contributed by atoms with van der Waals surface area (Å²) in [6.07, 6.45) is -0.617. The Morgan fingerprint density at radius 1 is 1.18 bits per heavy atom. The average Bonchev–Trinajstić information content (AvgIpc) is 2.88. The molecule has 1 N–H and O–H groups in total. The van der Waals surface area contributed by atoms with Crippen LogP contribution in [0.5, 0.6) is 11.5 Å². The van der Waals surface area contributed by atoms with Crippen LogP contribution in [-0.4, -0.2) is 43.3 Å². The van der Waals surface area contributed by atoms with Crippen LogP contribution in [0.4, 0.5) is 5.69 Å². The lowest BCUT2D eigenvalue weighted by atomic mass is 9.78. The van der Waals surface area contributed by atoms with Crippen molar-refractivity contribution in [3.05, 3.63) is 52.6 Å². The fourth-order valence-corrected chi connectivity index (χ4v) is 5.33. The van der Waals surface area contributed by atoms with E-state index < -0.39 is 24.6 Å². The summed E-state index contributed by atoms with van der Waals surface area (Å²) in [6, 6.07) is 9.60. The van der Waals surface area contributed by atoms with E-state index in [1.165, 1.54) is 0 Å². The van der Waals surface area contributed by atoms with Crippen LogP contribution < -0.4 is 14.4 Å². The lowest BCUT2D eigenvalue weighted by Gasteiger charge is -2.45. The molecule has 2 heterocycles. The van der Waals surface area contributed by atoms with Gasteiger partial charge in [0, 0.05) is 17.2 Å². The van der Waals surface area contributed by atoms with Gasteiger partial charge in [0.15, 0.2) is 11.5 Å². The number of anilines is 1. The van der Waals surface area contributed by atoms with Gasteiger partial charge in [-0.1, -0.05) is 50.6 Å². The highest BCUT2D eigenvalue weighted by Gasteiger charge is 2.46. The van der Waals surface area contributed by atoms with Gasteiger partial charge in [-0.05, 0) is 36.8 Å². The average molecular weight is 468 g/mol. The summed E-state index contributed by atoms with van der Waals surface area (Å²) in [5, 5.41) is 9.63. The van der Waals surface area contributed by atoms with Crippen LogP contribution in [0.2, 0.25) is 0 Å². The van der Waals surface area contributed by atoms with Crippen molar-refractivity contribution in [3.8, 4) is 11.5 Å². The smallest absolute Gasteiger partial charge is 0.306 e. The van der Waals surface area contributed by atoms with Crippen LogP contribution in [0, 0.1) is 12.3 Å². The van der Waals surface area contributed by atoms with Gasteiger partial charge in [0.05, 0.1) is 26.3 Å². The molecule has 0 bridgehead atoms. The van der Waals surface area contributed by atoms with Crippen molar-refractivity contribution >= 4 is 17.6 Å². The van der Waals surface area contributed by atoms with Crippen LogP contribution >= 0.6 is 0 Å². The van der Waals surface area contributed by atoms with Crippen molar-refractivity contribution in [3.63, 3.8) is 0 Å². The first-order valence-electron chi connectivity index (χ1n) is 11.6. The quantitative estimate of drug-likeness (QED) is 0.688. The number of aryl methyl sites for hydroxylation is 2. The number of ether oxygens (including phenoxy) is 3. The zero-order chi connectivity index (χ0) is 24.8. The summed E-state index contributed by atoms with van der Waals surface area (Å²) in [4.78, 5) is 27.5. The zero-order valence-corrected chi connectivity index (χ0v) is 20.7. The van der Waals surface area contributed by atoms with E-state index in [0.717, 1.165) is 35.2 Å². The molecule has 2 aliphatic heterocycles. The van der Waals surface area contributed by atoms with E-state index >= 15 is 0 Å². The first-order valence-corrected chi connectivity index (χ1v) is 11.6. The number of amides is 1. The SMILES string of the molecule is COc1cccc([C@H]2O[C@H](CC(=O)O)C(=O)N3c4c(cc(C)cc42)CC[C@H]3C(C)(C)C)c1OC. The van der Waals surface area contributed by atoms with Gasteiger partial charge in [-0.2, -0.15) is 0 Å². The van der Waals surface area contributed by atoms with Crippen LogP contribution in [0.25, 0.3) is 0 Å². The minimum Gasteiger partial charge on any atom is -0.493 e. The molecule has 182 valence electrons. The summed E-state index contributed by atoms with van der Waals surface area (Å²) in [5.74, 6) is -0.345. The molecule has 2 aromatic rings. The van der Waals surface area contributed by atoms with Crippen LogP contribution in [0.3, 0.4) is 0 Å². The van der Waals surface area contributed by atoms with Gasteiger partial charge < -0.3 is 24.2 Å². The first-order chi connectivity index (χ1) is 16.1. The molecule has 1 amide bonds. The van der Waals surface area contributed by atoms with Gasteiger partial charge in [0.25, 0.3) is 5.91 Å². The summed E-state index contributed by atoms with van der Waals surface area (Å²) in [7, 11) is 3.13. The summed E-state index contributed by atoms with van der Waals surface area (Å²) < 4.78 is 17.6. The molecule has 4 rings (SSSR count). The number of rotatable bonds is 5. The van der Waals surface area contributed by atoms with Crippen molar-refractivity contribution in [2.45, 2.75) is 65.2 Å². The maximum absolute atomic E-state index is 13.9. The molecular formula is C27H33NO6. The molecule has 0 radical (unpaired) electrons. The van der Waals surface area contributed by atoms with E-state index in [1.807, 2.05) is 30.0 Å². The van der Waals surface area contributed by atoms with E-state index in [9.17, 15) is 14.7 Å². The highest BCUT2D eigenvalue weighted by Crippen LogP contribution is 2.49. The number of benzene rings is 2. The Morgan fingerprint density at radius 2 is 1.91 bits per heavy atom. The second kappa shape index (κ2) is 8.95. The van der Waals surface area contributed by atoms with E-state index in [2.05, 4.69) is 26.8 Å². The van der Waals surface area contributed by atoms with Gasteiger partial charge in [-0.25, -0.2) is 0 Å². The minimum atomic E-state index is -1.14. The van der Waals surface area contributed by atoms with E-state index in [-0.39, 0.29) is 17.4 Å². The molecule has 0 aliphatic carbocycles. The lowest BCUT2D eigenvalue weighted by Crippen LogP contribution is -2.53. The Kier molecular flexibility index (Phi) is 6.34. The maximum atomic E-state index is 13.9. The number of carbonyl (C=O) groups is 2. The Morgan fingerprint density at radius 3 is 2.53 bits per heavy atom. The van der Waals surface area contributed by atoms with Gasteiger partial charge >= 0.3 is 5.97 Å². The normalized spacial score (nSPS) is 22.1. The molecule has 7 heteroatoms. The Bertz CT molecular complexity index is 1120. The number of carboxylic acid groups (broad SMARTS) is 1. The van der Waals surface area contributed by atoms with Crippen molar-refractivity contribution in [2.24, 2.45) is 5.41 Å². The maximum Gasteiger partial charge on any atom is 0.306 e. The topological polar surface area (TPSA) is 85.3 Å². The van der Waals surface area contributed by atoms with Gasteiger partial charge in [-0.15, -0.1) is 0 Å². The van der Waals surface area contributed by atoms with Crippen molar-refractivity contribution in [2.75, 3.05) is 19.1 Å². The van der Waals surface area contributed by atoms with Gasteiger partial charge in [0.2, 0.25) is 0 Å². The number of para-hydroxylation sites is 1. The van der Waals surface area contributed by atoms with Crippen molar-refractivity contribution in [1.82, 2.24) is 0 Å². The lowest BCUT2D eigenvalue weighted by molar-refractivity contribution is -0.147. The second-order valence-corrected chi connectivity index (χ2v) is 10.2. The van der Waals surface area contributed by atoms with E-state index in [0.29, 0.717) is 17.1 Å². The number of aliphatic carboxylic acids is 1. The number of nitrogens with zero attached hydrogens (tertiary/aromatic N) is 1. The minimum absolute atomic E-state index is 0.0835. The number of hydrogen-bond acceptors (Lipinski definition) is 5. The van der Waals surface area contributed by atoms with Crippen LogP contribution in [-0.2, 0) is 20.7 Å². The Balaban J connectivity index is 2.01. The highest BCUT2D eigenvalue weighted by molar-refractivity contribution is 6.01. The molecule has 2 aromatic carbocycles. The second-order valence-electron chi connectivity index (χ2n) is 10.2. The highest BCUT2D eigenvalue weighted by atomic mass is 16.5. The fraction of sp³-hybridized carbons (Fsp3) is 0.481. The van der Waals surface area contributed by atoms with Crippen LogP contribution in [0.15, 0.2) is 30.3 Å².